The maximum Gasteiger partial charge on any atom is 0.317 e. The Morgan fingerprint density at radius 3 is 3.12 bits per heavy atom. The molecule has 0 atom stereocenters. The zero-order valence-electron chi connectivity index (χ0n) is 8.59. The third-order valence-corrected chi connectivity index (χ3v) is 2.30. The number of ether oxygens (including phenoxy) is 1. The van der Waals surface area contributed by atoms with Gasteiger partial charge in [0.05, 0.1) is 12.2 Å². The molecule has 0 amide bonds. The minimum absolute atomic E-state index is 0.0523. The molecule has 3 nitrogen and oxygen atoms in total. The summed E-state index contributed by atoms with van der Waals surface area (Å²) in [6.07, 6.45) is 1.63. The summed E-state index contributed by atoms with van der Waals surface area (Å²) < 4.78 is 5.52. The second-order valence-electron chi connectivity index (χ2n) is 2.78. The molecule has 0 aromatic carbocycles. The fourth-order valence-electron chi connectivity index (χ4n) is 0.934. The third-order valence-electron chi connectivity index (χ3n) is 1.57. The van der Waals surface area contributed by atoms with E-state index in [1.54, 1.807) is 19.2 Å². The van der Waals surface area contributed by atoms with Gasteiger partial charge in [0.2, 0.25) is 0 Å². The van der Waals surface area contributed by atoms with Crippen LogP contribution < -0.4 is 0 Å². The normalized spacial score (nSPS) is 9.19. The number of nitrogens with zero attached hydrogens (tertiary/aromatic N) is 1. The highest BCUT2D eigenvalue weighted by molar-refractivity contribution is 9.10. The first-order valence-corrected chi connectivity index (χ1v) is 5.76. The topological polar surface area (TPSA) is 39.2 Å². The van der Waals surface area contributed by atoms with E-state index in [4.69, 9.17) is 16.3 Å². The summed E-state index contributed by atoms with van der Waals surface area (Å²) >= 11 is 9.08. The van der Waals surface area contributed by atoms with Gasteiger partial charge in [-0.3, -0.25) is 4.79 Å². The van der Waals surface area contributed by atoms with E-state index in [9.17, 15) is 4.79 Å². The molecule has 0 radical (unpaired) electrons. The van der Waals surface area contributed by atoms with Gasteiger partial charge in [-0.15, -0.1) is 0 Å². The van der Waals surface area contributed by atoms with E-state index in [-0.39, 0.29) is 12.4 Å². The number of carbonyl (C=O) groups excluding carboxylic acids is 1. The molecule has 0 saturated heterocycles. The van der Waals surface area contributed by atoms with Gasteiger partial charge in [0, 0.05) is 10.7 Å². The first kappa shape index (κ1) is 13.0. The van der Waals surface area contributed by atoms with E-state index in [0.29, 0.717) is 17.3 Å². The Hall–Kier alpha value is -1.05. The van der Waals surface area contributed by atoms with E-state index < -0.39 is 0 Å². The van der Waals surface area contributed by atoms with Gasteiger partial charge in [0.25, 0.3) is 0 Å². The van der Waals surface area contributed by atoms with Crippen molar-refractivity contribution in [2.75, 3.05) is 6.61 Å². The monoisotopic (exact) mass is 301 g/mol. The minimum atomic E-state index is -0.339. The standard InChI is InChI=1S/C11H9BrClNO2/c1-2-16-10(15)5-3-4-8-6-9(12)7-14-11(8)13/h6-7H,2,5H2,1H3. The minimum Gasteiger partial charge on any atom is -0.465 e. The van der Waals surface area contributed by atoms with E-state index >= 15 is 0 Å². The number of aromatic nitrogens is 1. The number of hydrogen-bond donors (Lipinski definition) is 0. The van der Waals surface area contributed by atoms with Crippen molar-refractivity contribution in [3.63, 3.8) is 0 Å². The van der Waals surface area contributed by atoms with Gasteiger partial charge in [0.15, 0.2) is 0 Å². The lowest BCUT2D eigenvalue weighted by Gasteiger charge is -1.96. The largest absolute Gasteiger partial charge is 0.465 e. The van der Waals surface area contributed by atoms with Crippen LogP contribution in [0.5, 0.6) is 0 Å². The number of halogens is 2. The van der Waals surface area contributed by atoms with E-state index in [2.05, 4.69) is 32.8 Å². The van der Waals surface area contributed by atoms with Crippen LogP contribution in [0.15, 0.2) is 16.7 Å². The molecule has 0 spiro atoms. The van der Waals surface area contributed by atoms with Gasteiger partial charge >= 0.3 is 5.97 Å². The summed E-state index contributed by atoms with van der Waals surface area (Å²) in [6.45, 7) is 2.11. The van der Waals surface area contributed by atoms with Crippen molar-refractivity contribution in [1.29, 1.82) is 0 Å². The molecule has 1 rings (SSSR count). The van der Waals surface area contributed by atoms with Crippen molar-refractivity contribution in [1.82, 2.24) is 4.98 Å². The molecule has 1 heterocycles. The quantitative estimate of drug-likeness (QED) is 0.479. The van der Waals surface area contributed by atoms with Crippen LogP contribution in [-0.4, -0.2) is 17.6 Å². The molecule has 1 aromatic rings. The maximum atomic E-state index is 11.0. The van der Waals surface area contributed by atoms with Crippen molar-refractivity contribution in [2.45, 2.75) is 13.3 Å². The molecule has 0 aliphatic rings. The van der Waals surface area contributed by atoms with Gasteiger partial charge in [-0.25, -0.2) is 4.98 Å². The molecule has 0 aliphatic heterocycles. The lowest BCUT2D eigenvalue weighted by molar-refractivity contribution is -0.141. The predicted octanol–water partition coefficient (Wildman–Crippen LogP) is 2.80. The van der Waals surface area contributed by atoms with Crippen molar-refractivity contribution in [3.05, 3.63) is 27.5 Å². The van der Waals surface area contributed by atoms with E-state index in [1.807, 2.05) is 0 Å². The molecule has 0 unspecified atom stereocenters. The highest BCUT2D eigenvalue weighted by Crippen LogP contribution is 2.16. The number of pyridine rings is 1. The predicted molar refractivity (Wildman–Crippen MR) is 65.1 cm³/mol. The molecule has 0 bridgehead atoms. The molecule has 0 fully saturated rings. The van der Waals surface area contributed by atoms with Crippen LogP contribution in [0.2, 0.25) is 5.15 Å². The van der Waals surface area contributed by atoms with Crippen LogP contribution in [-0.2, 0) is 9.53 Å². The number of esters is 1. The highest BCUT2D eigenvalue weighted by Gasteiger charge is 2.00. The highest BCUT2D eigenvalue weighted by atomic mass is 79.9. The second-order valence-corrected chi connectivity index (χ2v) is 4.05. The van der Waals surface area contributed by atoms with Crippen LogP contribution in [0.25, 0.3) is 0 Å². The van der Waals surface area contributed by atoms with Crippen LogP contribution in [0.3, 0.4) is 0 Å². The summed E-state index contributed by atoms with van der Waals surface area (Å²) in [6, 6.07) is 1.74. The fourth-order valence-corrected chi connectivity index (χ4v) is 1.42. The third kappa shape index (κ3) is 4.21. The van der Waals surface area contributed by atoms with Gasteiger partial charge in [-0.1, -0.05) is 23.4 Å². The Balaban J connectivity index is 2.69. The SMILES string of the molecule is CCOC(=O)CC#Cc1cc(Br)cnc1Cl. The molecule has 0 N–H and O–H groups in total. The molecule has 1 aromatic heterocycles. The van der Waals surface area contributed by atoms with Crippen LogP contribution >= 0.6 is 27.5 Å². The van der Waals surface area contributed by atoms with E-state index in [1.165, 1.54) is 0 Å². The molecular weight excluding hydrogens is 293 g/mol. The first-order chi connectivity index (χ1) is 7.63. The molecule has 0 saturated carbocycles. The number of hydrogen-bond acceptors (Lipinski definition) is 3. The average molecular weight is 303 g/mol. The van der Waals surface area contributed by atoms with Crippen molar-refractivity contribution in [3.8, 4) is 11.8 Å². The summed E-state index contributed by atoms with van der Waals surface area (Å²) in [4.78, 5) is 14.9. The molecule has 16 heavy (non-hydrogen) atoms. The number of carbonyl (C=O) groups is 1. The van der Waals surface area contributed by atoms with Crippen molar-refractivity contribution < 1.29 is 9.53 Å². The van der Waals surface area contributed by atoms with Crippen LogP contribution in [0, 0.1) is 11.8 Å². The second kappa shape index (κ2) is 6.51. The lowest BCUT2D eigenvalue weighted by atomic mass is 10.3. The summed E-state index contributed by atoms with van der Waals surface area (Å²) in [5.74, 6) is 5.11. The Morgan fingerprint density at radius 2 is 2.44 bits per heavy atom. The zero-order valence-corrected chi connectivity index (χ0v) is 10.9. The Morgan fingerprint density at radius 1 is 1.69 bits per heavy atom. The van der Waals surface area contributed by atoms with Gasteiger partial charge < -0.3 is 4.74 Å². The maximum absolute atomic E-state index is 11.0. The molecular formula is C11H9BrClNO2. The Bertz CT molecular complexity index is 451. The van der Waals surface area contributed by atoms with Crippen LogP contribution in [0.1, 0.15) is 18.9 Å². The summed E-state index contributed by atoms with van der Waals surface area (Å²) in [7, 11) is 0. The lowest BCUT2D eigenvalue weighted by Crippen LogP contribution is -2.01. The molecule has 84 valence electrons. The Kier molecular flexibility index (Phi) is 5.30. The van der Waals surface area contributed by atoms with Gasteiger partial charge in [-0.05, 0) is 28.9 Å². The molecule has 5 heteroatoms. The fraction of sp³-hybridized carbons (Fsp3) is 0.273. The van der Waals surface area contributed by atoms with Gasteiger partial charge in [0.1, 0.15) is 11.6 Å². The summed E-state index contributed by atoms with van der Waals surface area (Å²) in [5, 5.41) is 0.319. The molecule has 0 aliphatic carbocycles. The van der Waals surface area contributed by atoms with Crippen molar-refractivity contribution >= 4 is 33.5 Å². The Labute approximate surface area is 107 Å². The van der Waals surface area contributed by atoms with Gasteiger partial charge in [-0.2, -0.15) is 0 Å². The number of rotatable bonds is 2. The van der Waals surface area contributed by atoms with Crippen molar-refractivity contribution in [2.24, 2.45) is 0 Å². The van der Waals surface area contributed by atoms with Crippen LogP contribution in [0.4, 0.5) is 0 Å². The summed E-state index contributed by atoms with van der Waals surface area (Å²) in [5.41, 5.74) is 0.584. The zero-order chi connectivity index (χ0) is 12.0. The van der Waals surface area contributed by atoms with E-state index in [0.717, 1.165) is 4.47 Å². The first-order valence-electron chi connectivity index (χ1n) is 4.59. The average Bonchev–Trinajstić information content (AvgIpc) is 2.23. The smallest absolute Gasteiger partial charge is 0.317 e.